The molecule has 0 N–H and O–H groups in total. The van der Waals surface area contributed by atoms with Gasteiger partial charge in [-0.3, -0.25) is 4.79 Å². The van der Waals surface area contributed by atoms with E-state index in [1.165, 1.54) is 17.8 Å². The van der Waals surface area contributed by atoms with Gasteiger partial charge in [0, 0.05) is 38.7 Å². The van der Waals surface area contributed by atoms with Gasteiger partial charge in [0.2, 0.25) is 5.91 Å². The second-order valence-corrected chi connectivity index (χ2v) is 5.99. The van der Waals surface area contributed by atoms with Gasteiger partial charge < -0.3 is 19.9 Å². The summed E-state index contributed by atoms with van der Waals surface area (Å²) in [6.45, 7) is 2.72. The van der Waals surface area contributed by atoms with E-state index in [1.807, 2.05) is 35.2 Å². The lowest BCUT2D eigenvalue weighted by Crippen LogP contribution is -2.48. The fourth-order valence-electron chi connectivity index (χ4n) is 2.94. The van der Waals surface area contributed by atoms with Gasteiger partial charge in [0.1, 0.15) is 0 Å². The van der Waals surface area contributed by atoms with Gasteiger partial charge in [-0.25, -0.2) is 0 Å². The van der Waals surface area contributed by atoms with Gasteiger partial charge in [-0.1, -0.05) is 30.3 Å². The Morgan fingerprint density at radius 3 is 2.40 bits per heavy atom. The maximum Gasteiger partial charge on any atom is 0.363 e. The average Bonchev–Trinajstić information content (AvgIpc) is 2.67. The lowest BCUT2D eigenvalue weighted by atomic mass is 10.1. The Labute approximate surface area is 146 Å². The second-order valence-electron chi connectivity index (χ2n) is 5.99. The standard InChI is InChI=1S/C18H20N4O3/c23-18(9-6-15-4-2-1-3-5-15)21-12-10-20(11-13-21)16-7-8-17(19-14-16)22(24)25/h1-5,7-8,14H,6,9-13H2. The van der Waals surface area contributed by atoms with Gasteiger partial charge in [0.25, 0.3) is 0 Å². The summed E-state index contributed by atoms with van der Waals surface area (Å²) in [7, 11) is 0. The topological polar surface area (TPSA) is 79.6 Å². The number of piperazine rings is 1. The van der Waals surface area contributed by atoms with Gasteiger partial charge >= 0.3 is 5.82 Å². The van der Waals surface area contributed by atoms with E-state index in [4.69, 9.17) is 0 Å². The molecule has 0 saturated carbocycles. The van der Waals surface area contributed by atoms with E-state index in [-0.39, 0.29) is 11.7 Å². The largest absolute Gasteiger partial charge is 0.365 e. The Morgan fingerprint density at radius 2 is 1.80 bits per heavy atom. The first-order valence-corrected chi connectivity index (χ1v) is 8.30. The molecule has 1 aromatic heterocycles. The number of carbonyl (C=O) groups excluding carboxylic acids is 1. The molecule has 1 saturated heterocycles. The van der Waals surface area contributed by atoms with Crippen molar-refractivity contribution in [1.82, 2.24) is 9.88 Å². The van der Waals surface area contributed by atoms with Crippen molar-refractivity contribution >= 4 is 17.4 Å². The highest BCUT2D eigenvalue weighted by atomic mass is 16.6. The van der Waals surface area contributed by atoms with Crippen LogP contribution in [0.4, 0.5) is 11.5 Å². The van der Waals surface area contributed by atoms with Crippen LogP contribution in [0.15, 0.2) is 48.7 Å². The molecule has 3 rings (SSSR count). The van der Waals surface area contributed by atoms with Crippen LogP contribution in [0.5, 0.6) is 0 Å². The number of aromatic nitrogens is 1. The molecule has 1 amide bonds. The molecule has 0 bridgehead atoms. The molecule has 1 aromatic carbocycles. The zero-order valence-corrected chi connectivity index (χ0v) is 13.9. The second kappa shape index (κ2) is 7.74. The smallest absolute Gasteiger partial charge is 0.363 e. The summed E-state index contributed by atoms with van der Waals surface area (Å²) in [5.41, 5.74) is 2.02. The fourth-order valence-corrected chi connectivity index (χ4v) is 2.94. The van der Waals surface area contributed by atoms with Gasteiger partial charge in [-0.2, -0.15) is 0 Å². The zero-order chi connectivity index (χ0) is 17.6. The molecule has 0 spiro atoms. The first-order chi connectivity index (χ1) is 12.1. The molecule has 7 heteroatoms. The molecule has 0 radical (unpaired) electrons. The van der Waals surface area contributed by atoms with E-state index in [2.05, 4.69) is 9.88 Å². The van der Waals surface area contributed by atoms with Crippen LogP contribution >= 0.6 is 0 Å². The number of nitro groups is 1. The highest BCUT2D eigenvalue weighted by molar-refractivity contribution is 5.76. The van der Waals surface area contributed by atoms with Crippen molar-refractivity contribution in [3.63, 3.8) is 0 Å². The first-order valence-electron chi connectivity index (χ1n) is 8.30. The third-order valence-electron chi connectivity index (χ3n) is 4.39. The van der Waals surface area contributed by atoms with Crippen LogP contribution in [0.25, 0.3) is 0 Å². The SMILES string of the molecule is O=C(CCc1ccccc1)N1CCN(c2ccc([N+](=O)[O-])nc2)CC1. The number of amides is 1. The molecule has 2 heterocycles. The predicted octanol–water partition coefficient (Wildman–Crippen LogP) is 2.27. The number of hydrogen-bond donors (Lipinski definition) is 0. The number of rotatable bonds is 5. The minimum Gasteiger partial charge on any atom is -0.365 e. The molecule has 0 atom stereocenters. The van der Waals surface area contributed by atoms with Gasteiger partial charge in [-0.05, 0) is 28.0 Å². The van der Waals surface area contributed by atoms with Crippen molar-refractivity contribution in [1.29, 1.82) is 0 Å². The fraction of sp³-hybridized carbons (Fsp3) is 0.333. The summed E-state index contributed by atoms with van der Waals surface area (Å²) in [6, 6.07) is 13.1. The number of anilines is 1. The third kappa shape index (κ3) is 4.32. The average molecular weight is 340 g/mol. The van der Waals surface area contributed by atoms with Crippen LogP contribution in [0.2, 0.25) is 0 Å². The molecule has 130 valence electrons. The Hall–Kier alpha value is -2.96. The van der Waals surface area contributed by atoms with Crippen molar-refractivity contribution < 1.29 is 9.72 Å². The number of nitrogens with zero attached hydrogens (tertiary/aromatic N) is 4. The predicted molar refractivity (Wildman–Crippen MR) is 94.4 cm³/mol. The van der Waals surface area contributed by atoms with Crippen LogP contribution in [0.1, 0.15) is 12.0 Å². The summed E-state index contributed by atoms with van der Waals surface area (Å²) >= 11 is 0. The molecule has 1 aliphatic heterocycles. The molecule has 7 nitrogen and oxygen atoms in total. The van der Waals surface area contributed by atoms with Crippen molar-refractivity contribution in [3.8, 4) is 0 Å². The number of pyridine rings is 1. The van der Waals surface area contributed by atoms with Crippen molar-refractivity contribution in [2.75, 3.05) is 31.1 Å². The van der Waals surface area contributed by atoms with Crippen LogP contribution in [0.3, 0.4) is 0 Å². The summed E-state index contributed by atoms with van der Waals surface area (Å²) in [5.74, 6) is 0.0174. The third-order valence-corrected chi connectivity index (χ3v) is 4.39. The Kier molecular flexibility index (Phi) is 5.23. The Morgan fingerprint density at radius 1 is 1.08 bits per heavy atom. The van der Waals surface area contributed by atoms with Crippen molar-refractivity contribution in [3.05, 3.63) is 64.3 Å². The Bertz CT molecular complexity index is 726. The number of hydrogen-bond acceptors (Lipinski definition) is 5. The first kappa shape index (κ1) is 16.9. The highest BCUT2D eigenvalue weighted by Crippen LogP contribution is 2.18. The van der Waals surface area contributed by atoms with Gasteiger partial charge in [0.05, 0.1) is 5.69 Å². The lowest BCUT2D eigenvalue weighted by molar-refractivity contribution is -0.389. The van der Waals surface area contributed by atoms with E-state index in [9.17, 15) is 14.9 Å². The maximum atomic E-state index is 12.4. The number of benzene rings is 1. The number of carbonyl (C=O) groups is 1. The zero-order valence-electron chi connectivity index (χ0n) is 13.9. The summed E-state index contributed by atoms with van der Waals surface area (Å²) in [5, 5.41) is 10.7. The van der Waals surface area contributed by atoms with E-state index >= 15 is 0 Å². The molecule has 0 unspecified atom stereocenters. The summed E-state index contributed by atoms with van der Waals surface area (Å²) in [6.07, 6.45) is 2.79. The molecule has 2 aromatic rings. The van der Waals surface area contributed by atoms with Crippen LogP contribution < -0.4 is 4.90 Å². The monoisotopic (exact) mass is 340 g/mol. The van der Waals surface area contributed by atoms with E-state index in [1.54, 1.807) is 6.07 Å². The Balaban J connectivity index is 1.49. The molecule has 1 aliphatic rings. The van der Waals surface area contributed by atoms with Crippen LogP contribution in [-0.4, -0.2) is 46.9 Å². The molecule has 0 aliphatic carbocycles. The molecule has 25 heavy (non-hydrogen) atoms. The quantitative estimate of drug-likeness (QED) is 0.616. The summed E-state index contributed by atoms with van der Waals surface area (Å²) in [4.78, 5) is 30.3. The molecule has 1 fully saturated rings. The minimum atomic E-state index is -0.507. The normalized spacial score (nSPS) is 14.4. The number of aryl methyl sites for hydroxylation is 1. The molecular weight excluding hydrogens is 320 g/mol. The maximum absolute atomic E-state index is 12.4. The van der Waals surface area contributed by atoms with Crippen molar-refractivity contribution in [2.45, 2.75) is 12.8 Å². The van der Waals surface area contributed by atoms with Gasteiger partial charge in [0.15, 0.2) is 6.20 Å². The molecular formula is C18H20N4O3. The van der Waals surface area contributed by atoms with Crippen molar-refractivity contribution in [2.24, 2.45) is 0 Å². The lowest BCUT2D eigenvalue weighted by Gasteiger charge is -2.35. The van der Waals surface area contributed by atoms with Crippen LogP contribution in [0, 0.1) is 10.1 Å². The highest BCUT2D eigenvalue weighted by Gasteiger charge is 2.22. The summed E-state index contributed by atoms with van der Waals surface area (Å²) < 4.78 is 0. The van der Waals surface area contributed by atoms with E-state index in [0.29, 0.717) is 32.6 Å². The van der Waals surface area contributed by atoms with E-state index in [0.717, 1.165) is 12.1 Å². The minimum absolute atomic E-state index is 0.154. The van der Waals surface area contributed by atoms with Gasteiger partial charge in [-0.15, -0.1) is 0 Å². The van der Waals surface area contributed by atoms with Crippen LogP contribution in [-0.2, 0) is 11.2 Å². The van der Waals surface area contributed by atoms with E-state index < -0.39 is 4.92 Å².